The van der Waals surface area contributed by atoms with E-state index in [4.69, 9.17) is 5.26 Å². The molecule has 3 amide bonds. The molecule has 2 aromatic rings. The molecule has 0 fully saturated rings. The Morgan fingerprint density at radius 1 is 1.07 bits per heavy atom. The van der Waals surface area contributed by atoms with E-state index in [2.05, 4.69) is 6.07 Å². The highest BCUT2D eigenvalue weighted by atomic mass is 16.2. The highest BCUT2D eigenvalue weighted by molar-refractivity contribution is 6.21. The Kier molecular flexibility index (Phi) is 6.63. The summed E-state index contributed by atoms with van der Waals surface area (Å²) in [5.41, 5.74) is 3.37. The summed E-state index contributed by atoms with van der Waals surface area (Å²) >= 11 is 0. The third kappa shape index (κ3) is 4.57. The SMILES string of the molecule is CCCN(Cc1ccc(C#N)cc1)C(=O)CCCN1C(=O)c2ccc(C)cc2C1=O. The maximum absolute atomic E-state index is 12.7. The summed E-state index contributed by atoms with van der Waals surface area (Å²) in [4.78, 5) is 40.8. The number of aryl methyl sites for hydroxylation is 1. The topological polar surface area (TPSA) is 81.5 Å². The normalized spacial score (nSPS) is 12.6. The fraction of sp³-hybridized carbons (Fsp3) is 0.333. The van der Waals surface area contributed by atoms with Gasteiger partial charge < -0.3 is 4.90 Å². The van der Waals surface area contributed by atoms with E-state index in [1.165, 1.54) is 4.90 Å². The summed E-state index contributed by atoms with van der Waals surface area (Å²) in [6, 6.07) is 14.5. The van der Waals surface area contributed by atoms with Crippen molar-refractivity contribution in [2.24, 2.45) is 0 Å². The number of nitrogens with zero attached hydrogens (tertiary/aromatic N) is 3. The number of imide groups is 1. The smallest absolute Gasteiger partial charge is 0.261 e. The number of carbonyl (C=O) groups is 3. The van der Waals surface area contributed by atoms with Crippen LogP contribution in [0.15, 0.2) is 42.5 Å². The van der Waals surface area contributed by atoms with Crippen molar-refractivity contribution in [3.05, 3.63) is 70.3 Å². The Bertz CT molecular complexity index is 1010. The van der Waals surface area contributed by atoms with Crippen molar-refractivity contribution in [2.45, 2.75) is 39.7 Å². The lowest BCUT2D eigenvalue weighted by Crippen LogP contribution is -2.34. The lowest BCUT2D eigenvalue weighted by molar-refractivity contribution is -0.132. The summed E-state index contributed by atoms with van der Waals surface area (Å²) in [5.74, 6) is -0.576. The van der Waals surface area contributed by atoms with Crippen LogP contribution in [0.1, 0.15) is 63.6 Å². The first kappa shape index (κ1) is 21.3. The molecular formula is C24H25N3O3. The van der Waals surface area contributed by atoms with Crippen LogP contribution in [0.5, 0.6) is 0 Å². The highest BCUT2D eigenvalue weighted by Crippen LogP contribution is 2.24. The lowest BCUT2D eigenvalue weighted by atomic mass is 10.1. The predicted molar refractivity (Wildman–Crippen MR) is 113 cm³/mol. The van der Waals surface area contributed by atoms with Gasteiger partial charge >= 0.3 is 0 Å². The van der Waals surface area contributed by atoms with Gasteiger partial charge in [0.2, 0.25) is 5.91 Å². The minimum absolute atomic E-state index is 0.00587. The number of carbonyl (C=O) groups excluding carboxylic acids is 3. The molecule has 0 N–H and O–H groups in total. The minimum atomic E-state index is -0.287. The van der Waals surface area contributed by atoms with E-state index in [1.807, 2.05) is 32.0 Å². The average Bonchev–Trinajstić information content (AvgIpc) is 2.98. The van der Waals surface area contributed by atoms with Gasteiger partial charge in [0.25, 0.3) is 11.8 Å². The van der Waals surface area contributed by atoms with Crippen molar-refractivity contribution < 1.29 is 14.4 Å². The Morgan fingerprint density at radius 2 is 1.77 bits per heavy atom. The van der Waals surface area contributed by atoms with Crippen molar-refractivity contribution in [2.75, 3.05) is 13.1 Å². The highest BCUT2D eigenvalue weighted by Gasteiger charge is 2.35. The van der Waals surface area contributed by atoms with Gasteiger partial charge in [-0.25, -0.2) is 0 Å². The van der Waals surface area contributed by atoms with Gasteiger partial charge in [-0.1, -0.05) is 30.7 Å². The molecule has 2 aromatic carbocycles. The molecule has 0 bridgehead atoms. The zero-order chi connectivity index (χ0) is 21.7. The van der Waals surface area contributed by atoms with E-state index in [9.17, 15) is 14.4 Å². The van der Waals surface area contributed by atoms with Gasteiger partial charge in [-0.05, 0) is 49.6 Å². The summed E-state index contributed by atoms with van der Waals surface area (Å²) in [6.07, 6.45) is 1.53. The number of nitriles is 1. The number of hydrogen-bond acceptors (Lipinski definition) is 4. The van der Waals surface area contributed by atoms with E-state index < -0.39 is 0 Å². The van der Waals surface area contributed by atoms with Crippen LogP contribution < -0.4 is 0 Å². The van der Waals surface area contributed by atoms with Crippen molar-refractivity contribution in [1.82, 2.24) is 9.80 Å². The molecule has 0 spiro atoms. The second-order valence-corrected chi connectivity index (χ2v) is 7.54. The lowest BCUT2D eigenvalue weighted by Gasteiger charge is -2.23. The van der Waals surface area contributed by atoms with Crippen molar-refractivity contribution in [3.8, 4) is 6.07 Å². The largest absolute Gasteiger partial charge is 0.338 e. The van der Waals surface area contributed by atoms with Crippen LogP contribution in [0.4, 0.5) is 0 Å². The average molecular weight is 403 g/mol. The van der Waals surface area contributed by atoms with Crippen LogP contribution in [-0.2, 0) is 11.3 Å². The number of rotatable bonds is 8. The molecule has 0 unspecified atom stereocenters. The molecule has 0 atom stereocenters. The zero-order valence-electron chi connectivity index (χ0n) is 17.4. The van der Waals surface area contributed by atoms with Gasteiger partial charge in [-0.3, -0.25) is 19.3 Å². The molecule has 0 saturated carbocycles. The van der Waals surface area contributed by atoms with E-state index in [0.717, 1.165) is 17.5 Å². The van der Waals surface area contributed by atoms with Gasteiger partial charge in [0.15, 0.2) is 0 Å². The van der Waals surface area contributed by atoms with Crippen LogP contribution in [0.25, 0.3) is 0 Å². The molecule has 1 heterocycles. The number of benzene rings is 2. The molecule has 0 aromatic heterocycles. The van der Waals surface area contributed by atoms with E-state index >= 15 is 0 Å². The Labute approximate surface area is 176 Å². The fourth-order valence-corrected chi connectivity index (χ4v) is 3.62. The second-order valence-electron chi connectivity index (χ2n) is 7.54. The van der Waals surface area contributed by atoms with Crippen LogP contribution in [0.3, 0.4) is 0 Å². The van der Waals surface area contributed by atoms with Gasteiger partial charge in [0.1, 0.15) is 0 Å². The van der Waals surface area contributed by atoms with E-state index in [0.29, 0.717) is 36.2 Å². The molecule has 0 radical (unpaired) electrons. The van der Waals surface area contributed by atoms with Crippen molar-refractivity contribution in [3.63, 3.8) is 0 Å². The molecule has 1 aliphatic rings. The zero-order valence-corrected chi connectivity index (χ0v) is 17.4. The first-order valence-corrected chi connectivity index (χ1v) is 10.2. The molecule has 154 valence electrons. The molecule has 0 saturated heterocycles. The molecule has 6 nitrogen and oxygen atoms in total. The molecule has 1 aliphatic heterocycles. The summed E-state index contributed by atoms with van der Waals surface area (Å²) in [6.45, 7) is 5.24. The Balaban J connectivity index is 1.57. The Hall–Kier alpha value is -3.46. The van der Waals surface area contributed by atoms with Crippen LogP contribution >= 0.6 is 0 Å². The van der Waals surface area contributed by atoms with Crippen molar-refractivity contribution >= 4 is 17.7 Å². The number of amides is 3. The van der Waals surface area contributed by atoms with Gasteiger partial charge in [0, 0.05) is 26.1 Å². The van der Waals surface area contributed by atoms with Crippen LogP contribution in [0.2, 0.25) is 0 Å². The van der Waals surface area contributed by atoms with Gasteiger partial charge in [-0.2, -0.15) is 5.26 Å². The third-order valence-electron chi connectivity index (χ3n) is 5.20. The summed E-state index contributed by atoms with van der Waals surface area (Å²) in [7, 11) is 0. The molecule has 3 rings (SSSR count). The van der Waals surface area contributed by atoms with E-state index in [-0.39, 0.29) is 30.7 Å². The maximum atomic E-state index is 12.7. The second kappa shape index (κ2) is 9.36. The molecular weight excluding hydrogens is 378 g/mol. The summed E-state index contributed by atoms with van der Waals surface area (Å²) in [5, 5.41) is 8.91. The predicted octanol–water partition coefficient (Wildman–Crippen LogP) is 3.68. The van der Waals surface area contributed by atoms with E-state index in [1.54, 1.807) is 29.2 Å². The first-order chi connectivity index (χ1) is 14.4. The standard InChI is InChI=1S/C24H25N3O3/c1-3-12-26(16-19-9-7-18(15-25)8-10-19)22(28)5-4-13-27-23(29)20-11-6-17(2)14-21(20)24(27)30/h6-11,14H,3-5,12-13,16H2,1-2H3. The molecule has 30 heavy (non-hydrogen) atoms. The first-order valence-electron chi connectivity index (χ1n) is 10.2. The van der Waals surface area contributed by atoms with Gasteiger partial charge in [-0.15, -0.1) is 0 Å². The van der Waals surface area contributed by atoms with Crippen LogP contribution in [-0.4, -0.2) is 40.6 Å². The quantitative estimate of drug-likeness (QED) is 0.630. The molecule has 0 aliphatic carbocycles. The van der Waals surface area contributed by atoms with Gasteiger partial charge in [0.05, 0.1) is 22.8 Å². The monoisotopic (exact) mass is 403 g/mol. The number of hydrogen-bond donors (Lipinski definition) is 0. The molecule has 6 heteroatoms. The summed E-state index contributed by atoms with van der Waals surface area (Å²) < 4.78 is 0. The minimum Gasteiger partial charge on any atom is -0.338 e. The Morgan fingerprint density at radius 3 is 2.43 bits per heavy atom. The third-order valence-corrected chi connectivity index (χ3v) is 5.20. The van der Waals surface area contributed by atoms with Crippen LogP contribution in [0, 0.1) is 18.3 Å². The number of fused-ring (bicyclic) bond motifs is 1. The fourth-order valence-electron chi connectivity index (χ4n) is 3.62. The maximum Gasteiger partial charge on any atom is 0.261 e. The van der Waals surface area contributed by atoms with Crippen molar-refractivity contribution in [1.29, 1.82) is 5.26 Å².